The second-order valence-corrected chi connectivity index (χ2v) is 16.8. The number of aliphatic hydroxyl groups excluding tert-OH is 1. The summed E-state index contributed by atoms with van der Waals surface area (Å²) in [5.41, 5.74) is 0.633. The summed E-state index contributed by atoms with van der Waals surface area (Å²) in [6.07, 6.45) is -15.7. The van der Waals surface area contributed by atoms with E-state index in [2.05, 4.69) is 0 Å². The quantitative estimate of drug-likeness (QED) is 0.0709. The van der Waals surface area contributed by atoms with Gasteiger partial charge in [0.2, 0.25) is 0 Å². The van der Waals surface area contributed by atoms with Gasteiger partial charge in [0.15, 0.2) is 30.9 Å². The molecule has 8 rings (SSSR count). The highest BCUT2D eigenvalue weighted by Crippen LogP contribution is 2.39. The van der Waals surface area contributed by atoms with Crippen molar-refractivity contribution in [2.45, 2.75) is 75.2 Å². The molecule has 372 valence electrons. The maximum atomic E-state index is 14.2. The van der Waals surface area contributed by atoms with Crippen LogP contribution >= 0.6 is 0 Å². The van der Waals surface area contributed by atoms with Crippen molar-refractivity contribution in [1.82, 2.24) is 4.90 Å². The monoisotopic (exact) mass is 983 g/mol. The van der Waals surface area contributed by atoms with Crippen LogP contribution in [0.4, 0.5) is 0 Å². The Balaban J connectivity index is 1.22. The lowest BCUT2D eigenvalue weighted by atomic mass is 9.95. The molecule has 0 radical (unpaired) electrons. The number of methoxy groups -OCH3 is 1. The topological polar surface area (TPSA) is 226 Å². The Bertz CT molecular complexity index is 2750. The van der Waals surface area contributed by atoms with Crippen molar-refractivity contribution >= 4 is 41.7 Å². The van der Waals surface area contributed by atoms with Crippen LogP contribution in [0.3, 0.4) is 0 Å². The van der Waals surface area contributed by atoms with Crippen LogP contribution in [0.15, 0.2) is 163 Å². The molecule has 5 aromatic rings. The summed E-state index contributed by atoms with van der Waals surface area (Å²) in [6.45, 7) is 1.54. The van der Waals surface area contributed by atoms with Crippen LogP contribution in [0.25, 0.3) is 0 Å². The summed E-state index contributed by atoms with van der Waals surface area (Å²) in [7, 11) is 1.21. The van der Waals surface area contributed by atoms with E-state index in [0.717, 1.165) is 4.90 Å². The second kappa shape index (κ2) is 22.9. The number of hydrogen-bond acceptors (Lipinski definition) is 17. The molecular weight excluding hydrogens is 935 g/mol. The first-order chi connectivity index (χ1) is 34.8. The summed E-state index contributed by atoms with van der Waals surface area (Å²) in [5, 5.41) is 12.4. The first-order valence-electron chi connectivity index (χ1n) is 22.8. The lowest BCUT2D eigenvalue weighted by Crippen LogP contribution is -2.67. The van der Waals surface area contributed by atoms with E-state index < -0.39 is 116 Å². The highest BCUT2D eigenvalue weighted by Gasteiger charge is 2.60. The van der Waals surface area contributed by atoms with Crippen molar-refractivity contribution in [3.05, 3.63) is 191 Å². The molecule has 0 unspecified atom stereocenters. The van der Waals surface area contributed by atoms with Crippen LogP contribution in [0, 0.1) is 0 Å². The largest absolute Gasteiger partial charge is 0.459 e. The van der Waals surface area contributed by atoms with Crippen molar-refractivity contribution < 1.29 is 81.3 Å². The molecule has 3 heterocycles. The Morgan fingerprint density at radius 1 is 0.542 bits per heavy atom. The van der Waals surface area contributed by atoms with Gasteiger partial charge in [-0.1, -0.05) is 91.0 Å². The van der Waals surface area contributed by atoms with E-state index >= 15 is 0 Å². The Morgan fingerprint density at radius 2 is 0.958 bits per heavy atom. The number of esters is 5. The zero-order chi connectivity index (χ0) is 50.9. The van der Waals surface area contributed by atoms with E-state index in [-0.39, 0.29) is 39.0 Å². The van der Waals surface area contributed by atoms with Gasteiger partial charge in [0, 0.05) is 18.3 Å². The molecule has 2 amide bonds. The Hall–Kier alpha value is -7.87. The van der Waals surface area contributed by atoms with Gasteiger partial charge in [-0.3, -0.25) is 14.5 Å². The molecule has 2 saturated heterocycles. The van der Waals surface area contributed by atoms with Gasteiger partial charge in [-0.25, -0.2) is 24.0 Å². The first-order valence-corrected chi connectivity index (χ1v) is 22.8. The predicted molar refractivity (Wildman–Crippen MR) is 250 cm³/mol. The molecule has 0 aromatic heterocycles. The molecule has 10 atom stereocenters. The van der Waals surface area contributed by atoms with E-state index in [0.29, 0.717) is 0 Å². The average Bonchev–Trinajstić information content (AvgIpc) is 3.84. The van der Waals surface area contributed by atoms with Crippen molar-refractivity contribution in [2.24, 2.45) is 0 Å². The number of rotatable bonds is 17. The maximum absolute atomic E-state index is 14.2. The van der Waals surface area contributed by atoms with Crippen LogP contribution in [-0.4, -0.2) is 133 Å². The maximum Gasteiger partial charge on any atom is 0.338 e. The number of nitrogens with zero attached hydrogens (tertiary/aromatic N) is 1. The van der Waals surface area contributed by atoms with Crippen LogP contribution in [0.1, 0.15) is 65.6 Å². The minimum Gasteiger partial charge on any atom is -0.459 e. The fraction of sp³-hybridized carbons (Fsp3) is 0.278. The van der Waals surface area contributed by atoms with Crippen LogP contribution in [0.5, 0.6) is 0 Å². The van der Waals surface area contributed by atoms with E-state index in [1.165, 1.54) is 81.6 Å². The standard InChI is InChI=1S/C54H49NO17/c1-31-32(2)47(58)55(46(31)57)40-43(41(56)38(68-53(40)64-3)29-65-48(59)33-19-9-4-10-20-33)72-54-45(70-52(63)37-27-17-8-18-28-37)44(69-51(62)36-25-15-7-16-26-36)42(71-54)39(67-50(61)35-23-13-6-14-24-35)30-66-49(60)34-21-11-5-12-22-34/h4-28,38-45,53-54,56H,29-30H2,1-3H3/t38-,39-,40-,41-,42+,43-,44+,45-,53+,54+/m1/s1. The zero-order valence-electron chi connectivity index (χ0n) is 39.0. The molecule has 3 aliphatic rings. The van der Waals surface area contributed by atoms with Crippen LogP contribution in [0.2, 0.25) is 0 Å². The number of aliphatic hydroxyl groups is 1. The smallest absolute Gasteiger partial charge is 0.338 e. The van der Waals surface area contributed by atoms with Gasteiger partial charge in [0.25, 0.3) is 11.8 Å². The fourth-order valence-electron chi connectivity index (χ4n) is 8.32. The Labute approximate surface area is 412 Å². The molecule has 2 fully saturated rings. The number of carbonyl (C=O) groups excluding carboxylic acids is 7. The van der Waals surface area contributed by atoms with Gasteiger partial charge < -0.3 is 47.7 Å². The van der Waals surface area contributed by atoms with Crippen molar-refractivity contribution in [3.63, 3.8) is 0 Å². The minimum absolute atomic E-state index is 0.0330. The van der Waals surface area contributed by atoms with E-state index in [1.54, 1.807) is 91.0 Å². The normalized spacial score (nSPS) is 24.3. The fourth-order valence-corrected chi connectivity index (χ4v) is 8.32. The third-order valence-electron chi connectivity index (χ3n) is 12.2. The van der Waals surface area contributed by atoms with Crippen LogP contribution in [-0.2, 0) is 52.2 Å². The van der Waals surface area contributed by atoms with Gasteiger partial charge in [-0.2, -0.15) is 0 Å². The lowest BCUT2D eigenvalue weighted by molar-refractivity contribution is -0.310. The molecule has 0 bridgehead atoms. The number of amides is 2. The van der Waals surface area contributed by atoms with Crippen LogP contribution < -0.4 is 0 Å². The summed E-state index contributed by atoms with van der Waals surface area (Å²) in [6, 6.07) is 37.5. The molecule has 18 heteroatoms. The highest BCUT2D eigenvalue weighted by atomic mass is 16.8. The summed E-state index contributed by atoms with van der Waals surface area (Å²) >= 11 is 0. The number of carbonyl (C=O) groups is 7. The Kier molecular flexibility index (Phi) is 16.1. The molecular formula is C54H49NO17. The number of benzene rings is 5. The minimum atomic E-state index is -1.95. The molecule has 0 spiro atoms. The molecule has 0 saturated carbocycles. The molecule has 3 aliphatic heterocycles. The Morgan fingerprint density at radius 3 is 1.42 bits per heavy atom. The molecule has 5 aromatic carbocycles. The third-order valence-corrected chi connectivity index (χ3v) is 12.2. The SMILES string of the molecule is CO[C@H]1O[C@H](COC(=O)c2ccccc2)[C@@H](O)[C@H](O[C@@H]2O[C@@H]([C@@H](COC(=O)c3ccccc3)OC(=O)c3ccccc3)[C@H](OC(=O)c3ccccc3)[C@H]2OC(=O)c2ccccc2)[C@H]1N1C(=O)C(C)=C(C)C1=O. The van der Waals surface area contributed by atoms with E-state index in [1.807, 2.05) is 0 Å². The zero-order valence-corrected chi connectivity index (χ0v) is 39.0. The van der Waals surface area contributed by atoms with Crippen molar-refractivity contribution in [3.8, 4) is 0 Å². The van der Waals surface area contributed by atoms with Crippen molar-refractivity contribution in [1.29, 1.82) is 0 Å². The molecule has 72 heavy (non-hydrogen) atoms. The predicted octanol–water partition coefficient (Wildman–Crippen LogP) is 5.29. The van der Waals surface area contributed by atoms with Gasteiger partial charge in [0.05, 0.1) is 27.8 Å². The van der Waals surface area contributed by atoms with Gasteiger partial charge in [-0.05, 0) is 74.5 Å². The van der Waals surface area contributed by atoms with E-state index in [9.17, 15) is 38.7 Å². The van der Waals surface area contributed by atoms with Gasteiger partial charge in [-0.15, -0.1) is 0 Å². The molecule has 1 N–H and O–H groups in total. The lowest BCUT2D eigenvalue weighted by Gasteiger charge is -2.47. The third kappa shape index (κ3) is 11.2. The number of hydrogen-bond donors (Lipinski definition) is 1. The summed E-state index contributed by atoms with van der Waals surface area (Å²) < 4.78 is 54.8. The summed E-state index contributed by atoms with van der Waals surface area (Å²) in [5.74, 6) is -6.01. The summed E-state index contributed by atoms with van der Waals surface area (Å²) in [4.78, 5) is 97.7. The van der Waals surface area contributed by atoms with E-state index in [4.69, 9.17) is 42.6 Å². The second-order valence-electron chi connectivity index (χ2n) is 16.8. The number of imide groups is 1. The average molecular weight is 984 g/mol. The van der Waals surface area contributed by atoms with Gasteiger partial charge in [0.1, 0.15) is 43.7 Å². The number of ether oxygens (including phenoxy) is 9. The molecule has 18 nitrogen and oxygen atoms in total. The highest BCUT2D eigenvalue weighted by molar-refractivity contribution is 6.19. The first kappa shape index (κ1) is 50.5. The van der Waals surface area contributed by atoms with Crippen molar-refractivity contribution in [2.75, 3.05) is 20.3 Å². The van der Waals surface area contributed by atoms with Gasteiger partial charge >= 0.3 is 29.8 Å². The molecule has 0 aliphatic carbocycles.